The summed E-state index contributed by atoms with van der Waals surface area (Å²) < 4.78 is 3.29. The van der Waals surface area contributed by atoms with E-state index in [1.165, 1.54) is 22.2 Å². The Bertz CT molecular complexity index is 255. The summed E-state index contributed by atoms with van der Waals surface area (Å²) in [7, 11) is 0. The van der Waals surface area contributed by atoms with Gasteiger partial charge in [-0.2, -0.15) is 16.9 Å². The van der Waals surface area contributed by atoms with Crippen molar-refractivity contribution in [1.29, 1.82) is 0 Å². The molecule has 0 bridgehead atoms. The standard InChI is InChI=1S/C8H11IN2S/c9-7-4-10-11(5-7)6-8-2-1-3-12-8/h4-5,8H,1-3,6H2. The molecule has 1 aromatic rings. The van der Waals surface area contributed by atoms with Gasteiger partial charge >= 0.3 is 0 Å². The van der Waals surface area contributed by atoms with E-state index in [4.69, 9.17) is 0 Å². The molecule has 0 amide bonds. The predicted octanol–water partition coefficient (Wildman–Crippen LogP) is 2.38. The van der Waals surface area contributed by atoms with Crippen molar-refractivity contribution in [2.24, 2.45) is 0 Å². The molecule has 1 aliphatic heterocycles. The van der Waals surface area contributed by atoms with Crippen LogP contribution in [-0.4, -0.2) is 20.8 Å². The Kier molecular flexibility index (Phi) is 2.96. The van der Waals surface area contributed by atoms with Crippen LogP contribution in [0.2, 0.25) is 0 Å². The Balaban J connectivity index is 1.94. The molecule has 0 aromatic carbocycles. The Labute approximate surface area is 90.2 Å². The van der Waals surface area contributed by atoms with Gasteiger partial charge in [-0.05, 0) is 41.2 Å². The summed E-state index contributed by atoms with van der Waals surface area (Å²) in [4.78, 5) is 0. The second-order valence-corrected chi connectivity index (χ2v) is 5.67. The van der Waals surface area contributed by atoms with Gasteiger partial charge in [0.25, 0.3) is 0 Å². The summed E-state index contributed by atoms with van der Waals surface area (Å²) in [5, 5.41) is 5.08. The molecule has 1 unspecified atom stereocenters. The lowest BCUT2D eigenvalue weighted by atomic mass is 10.2. The summed E-state index contributed by atoms with van der Waals surface area (Å²) in [6.45, 7) is 1.09. The Morgan fingerprint density at radius 1 is 1.75 bits per heavy atom. The SMILES string of the molecule is Ic1cnn(CC2CCCS2)c1. The summed E-state index contributed by atoms with van der Waals surface area (Å²) in [5.74, 6) is 1.34. The minimum atomic E-state index is 0.806. The van der Waals surface area contributed by atoms with E-state index >= 15 is 0 Å². The van der Waals surface area contributed by atoms with Crippen LogP contribution in [-0.2, 0) is 6.54 Å². The lowest BCUT2D eigenvalue weighted by molar-refractivity contribution is 0.579. The van der Waals surface area contributed by atoms with Gasteiger partial charge in [-0.3, -0.25) is 4.68 Å². The third kappa shape index (κ3) is 2.16. The first kappa shape index (κ1) is 8.87. The minimum absolute atomic E-state index is 0.806. The highest BCUT2D eigenvalue weighted by atomic mass is 127. The molecule has 2 rings (SSSR count). The third-order valence-corrected chi connectivity index (χ3v) is 3.95. The molecule has 66 valence electrons. The fourth-order valence-corrected chi connectivity index (χ4v) is 3.14. The number of hydrogen-bond donors (Lipinski definition) is 0. The summed E-state index contributed by atoms with van der Waals surface area (Å²) in [6, 6.07) is 0. The van der Waals surface area contributed by atoms with Crippen LogP contribution in [0.15, 0.2) is 12.4 Å². The second kappa shape index (κ2) is 4.00. The van der Waals surface area contributed by atoms with Crippen LogP contribution in [0.3, 0.4) is 0 Å². The van der Waals surface area contributed by atoms with E-state index in [9.17, 15) is 0 Å². The van der Waals surface area contributed by atoms with E-state index in [-0.39, 0.29) is 0 Å². The largest absolute Gasteiger partial charge is 0.271 e. The fraction of sp³-hybridized carbons (Fsp3) is 0.625. The van der Waals surface area contributed by atoms with Crippen molar-refractivity contribution < 1.29 is 0 Å². The summed E-state index contributed by atoms with van der Waals surface area (Å²) in [5.41, 5.74) is 0. The molecule has 0 spiro atoms. The zero-order valence-electron chi connectivity index (χ0n) is 6.74. The van der Waals surface area contributed by atoms with Crippen LogP contribution in [0.4, 0.5) is 0 Å². The first-order chi connectivity index (χ1) is 5.84. The van der Waals surface area contributed by atoms with Crippen LogP contribution in [0, 0.1) is 3.57 Å². The summed E-state index contributed by atoms with van der Waals surface area (Å²) >= 11 is 4.38. The highest BCUT2D eigenvalue weighted by molar-refractivity contribution is 14.1. The average molecular weight is 294 g/mol. The molecule has 1 aromatic heterocycles. The number of thioether (sulfide) groups is 1. The molecular weight excluding hydrogens is 283 g/mol. The molecule has 0 N–H and O–H groups in total. The van der Waals surface area contributed by atoms with Crippen LogP contribution in [0.5, 0.6) is 0 Å². The first-order valence-electron chi connectivity index (χ1n) is 4.14. The van der Waals surface area contributed by atoms with Crippen molar-refractivity contribution in [2.45, 2.75) is 24.6 Å². The molecule has 2 nitrogen and oxygen atoms in total. The van der Waals surface area contributed by atoms with Gasteiger partial charge in [0, 0.05) is 11.4 Å². The van der Waals surface area contributed by atoms with Gasteiger partial charge in [-0.15, -0.1) is 0 Å². The van der Waals surface area contributed by atoms with Crippen molar-refractivity contribution in [3.8, 4) is 0 Å². The third-order valence-electron chi connectivity index (χ3n) is 2.02. The van der Waals surface area contributed by atoms with E-state index < -0.39 is 0 Å². The number of aromatic nitrogens is 2. The number of hydrogen-bond acceptors (Lipinski definition) is 2. The maximum Gasteiger partial charge on any atom is 0.0623 e. The fourth-order valence-electron chi connectivity index (χ4n) is 1.44. The monoisotopic (exact) mass is 294 g/mol. The van der Waals surface area contributed by atoms with E-state index in [2.05, 4.69) is 50.3 Å². The van der Waals surface area contributed by atoms with E-state index in [1.807, 2.05) is 6.20 Å². The van der Waals surface area contributed by atoms with Gasteiger partial charge in [0.1, 0.15) is 0 Å². The molecule has 4 heteroatoms. The van der Waals surface area contributed by atoms with Gasteiger partial charge in [-0.1, -0.05) is 0 Å². The molecule has 1 saturated heterocycles. The predicted molar refractivity (Wildman–Crippen MR) is 60.4 cm³/mol. The molecule has 0 aliphatic carbocycles. The van der Waals surface area contributed by atoms with Crippen molar-refractivity contribution in [3.63, 3.8) is 0 Å². The van der Waals surface area contributed by atoms with Crippen molar-refractivity contribution in [2.75, 3.05) is 5.75 Å². The first-order valence-corrected chi connectivity index (χ1v) is 6.27. The highest BCUT2D eigenvalue weighted by Crippen LogP contribution is 2.27. The van der Waals surface area contributed by atoms with Gasteiger partial charge in [0.05, 0.1) is 16.3 Å². The van der Waals surface area contributed by atoms with Gasteiger partial charge in [0.2, 0.25) is 0 Å². The maximum atomic E-state index is 4.28. The van der Waals surface area contributed by atoms with Crippen molar-refractivity contribution in [1.82, 2.24) is 9.78 Å². The molecule has 12 heavy (non-hydrogen) atoms. The van der Waals surface area contributed by atoms with Gasteiger partial charge in [0.15, 0.2) is 0 Å². The van der Waals surface area contributed by atoms with Crippen LogP contribution < -0.4 is 0 Å². The molecule has 0 saturated carbocycles. The maximum absolute atomic E-state index is 4.28. The van der Waals surface area contributed by atoms with Crippen molar-refractivity contribution >= 4 is 34.4 Å². The average Bonchev–Trinajstić information content (AvgIpc) is 2.63. The Morgan fingerprint density at radius 3 is 3.25 bits per heavy atom. The van der Waals surface area contributed by atoms with Crippen LogP contribution in [0.25, 0.3) is 0 Å². The minimum Gasteiger partial charge on any atom is -0.271 e. The highest BCUT2D eigenvalue weighted by Gasteiger charge is 2.15. The van der Waals surface area contributed by atoms with E-state index in [1.54, 1.807) is 0 Å². The lowest BCUT2D eigenvalue weighted by Crippen LogP contribution is -2.09. The Morgan fingerprint density at radius 2 is 2.67 bits per heavy atom. The second-order valence-electron chi connectivity index (χ2n) is 3.02. The van der Waals surface area contributed by atoms with Gasteiger partial charge < -0.3 is 0 Å². The van der Waals surface area contributed by atoms with Crippen LogP contribution in [0.1, 0.15) is 12.8 Å². The lowest BCUT2D eigenvalue weighted by Gasteiger charge is -2.07. The van der Waals surface area contributed by atoms with Crippen LogP contribution >= 0.6 is 34.4 Å². The summed E-state index contributed by atoms with van der Waals surface area (Å²) in [6.07, 6.45) is 6.77. The zero-order chi connectivity index (χ0) is 8.39. The normalized spacial score (nSPS) is 23.2. The van der Waals surface area contributed by atoms with E-state index in [0.29, 0.717) is 0 Å². The topological polar surface area (TPSA) is 17.8 Å². The Hall–Kier alpha value is 0.290. The molecule has 0 radical (unpaired) electrons. The quantitative estimate of drug-likeness (QED) is 0.779. The smallest absolute Gasteiger partial charge is 0.0623 e. The molecule has 2 heterocycles. The molecule has 1 aliphatic rings. The molecule has 1 atom stereocenters. The van der Waals surface area contributed by atoms with Crippen molar-refractivity contribution in [3.05, 3.63) is 16.0 Å². The number of rotatable bonds is 2. The number of halogens is 1. The molecular formula is C8H11IN2S. The van der Waals surface area contributed by atoms with Gasteiger partial charge in [-0.25, -0.2) is 0 Å². The molecule has 1 fully saturated rings. The van der Waals surface area contributed by atoms with E-state index in [0.717, 1.165) is 11.8 Å². The zero-order valence-corrected chi connectivity index (χ0v) is 9.72. The number of nitrogens with zero attached hydrogens (tertiary/aromatic N) is 2.